The molecule has 2 amide bonds. The van der Waals surface area contributed by atoms with Gasteiger partial charge in [0, 0.05) is 30.3 Å². The Hall–Kier alpha value is -3.16. The van der Waals surface area contributed by atoms with Crippen LogP contribution in [0, 0.1) is 5.82 Å². The van der Waals surface area contributed by atoms with Gasteiger partial charge < -0.3 is 19.0 Å². The van der Waals surface area contributed by atoms with Crippen LogP contribution in [0.25, 0.3) is 0 Å². The summed E-state index contributed by atoms with van der Waals surface area (Å²) in [6.45, 7) is 1.33. The summed E-state index contributed by atoms with van der Waals surface area (Å²) in [6.07, 6.45) is 3.20. The van der Waals surface area contributed by atoms with Crippen molar-refractivity contribution < 1.29 is 23.1 Å². The minimum Gasteiger partial charge on any atom is -0.467 e. The second-order valence-corrected chi connectivity index (χ2v) is 8.72. The molecule has 0 saturated carbocycles. The van der Waals surface area contributed by atoms with E-state index in [0.29, 0.717) is 29.5 Å². The van der Waals surface area contributed by atoms with Gasteiger partial charge in [-0.05, 0) is 66.9 Å². The first kappa shape index (κ1) is 24.0. The summed E-state index contributed by atoms with van der Waals surface area (Å²) in [7, 11) is 0. The quantitative estimate of drug-likeness (QED) is 0.432. The summed E-state index contributed by atoms with van der Waals surface area (Å²) in [5, 5.41) is 0.530. The van der Waals surface area contributed by atoms with E-state index in [1.807, 2.05) is 0 Å². The third-order valence-corrected chi connectivity index (χ3v) is 5.97. The smallest absolute Gasteiger partial charge is 0.254 e. The molecule has 0 radical (unpaired) electrons. The molecule has 1 aliphatic rings. The summed E-state index contributed by atoms with van der Waals surface area (Å²) in [5.41, 5.74) is 1.22. The molecule has 1 unspecified atom stereocenters. The lowest BCUT2D eigenvalue weighted by Crippen LogP contribution is -2.45. The molecule has 1 saturated heterocycles. The Bertz CT molecular complexity index is 1080. The monoisotopic (exact) mass is 484 g/mol. The molecule has 0 aliphatic carbocycles. The van der Waals surface area contributed by atoms with Crippen molar-refractivity contribution in [2.45, 2.75) is 32.0 Å². The fourth-order valence-electron chi connectivity index (χ4n) is 3.92. The van der Waals surface area contributed by atoms with Crippen molar-refractivity contribution in [1.29, 1.82) is 0 Å². The summed E-state index contributed by atoms with van der Waals surface area (Å²) < 4.78 is 24.5. The van der Waals surface area contributed by atoms with Crippen molar-refractivity contribution in [3.8, 4) is 0 Å². The summed E-state index contributed by atoms with van der Waals surface area (Å²) >= 11 is 5.98. The molecule has 3 aromatic rings. The number of nitrogens with zero attached hydrogens (tertiary/aromatic N) is 2. The van der Waals surface area contributed by atoms with Crippen LogP contribution in [-0.4, -0.2) is 47.4 Å². The van der Waals surface area contributed by atoms with Crippen molar-refractivity contribution in [3.05, 3.63) is 94.7 Å². The average molecular weight is 485 g/mol. The summed E-state index contributed by atoms with van der Waals surface area (Å²) in [6, 6.07) is 16.1. The Morgan fingerprint density at radius 1 is 1.00 bits per heavy atom. The van der Waals surface area contributed by atoms with Crippen LogP contribution in [0.1, 0.15) is 34.5 Å². The van der Waals surface area contributed by atoms with E-state index in [2.05, 4.69) is 0 Å². The average Bonchev–Trinajstić information content (AvgIpc) is 3.54. The normalized spacial score (nSPS) is 15.3. The molecule has 1 atom stereocenters. The zero-order valence-corrected chi connectivity index (χ0v) is 19.4. The number of halogens is 2. The summed E-state index contributed by atoms with van der Waals surface area (Å²) in [5.74, 6) is -0.240. The summed E-state index contributed by atoms with van der Waals surface area (Å²) in [4.78, 5) is 29.9. The van der Waals surface area contributed by atoms with Crippen molar-refractivity contribution in [2.24, 2.45) is 0 Å². The molecule has 1 fully saturated rings. The van der Waals surface area contributed by atoms with Crippen LogP contribution < -0.4 is 0 Å². The largest absolute Gasteiger partial charge is 0.467 e. The Kier molecular flexibility index (Phi) is 7.98. The molecule has 2 heterocycles. The van der Waals surface area contributed by atoms with Crippen LogP contribution in [0.5, 0.6) is 0 Å². The van der Waals surface area contributed by atoms with Gasteiger partial charge in [0.15, 0.2) is 0 Å². The van der Waals surface area contributed by atoms with Crippen molar-refractivity contribution >= 4 is 23.4 Å². The highest BCUT2D eigenvalue weighted by Gasteiger charge is 2.27. The van der Waals surface area contributed by atoms with Gasteiger partial charge in [-0.3, -0.25) is 9.59 Å². The van der Waals surface area contributed by atoms with Gasteiger partial charge in [0.05, 0.1) is 18.9 Å². The molecule has 0 bridgehead atoms. The molecule has 8 heteroatoms. The van der Waals surface area contributed by atoms with E-state index in [-0.39, 0.29) is 43.4 Å². The second-order valence-electron chi connectivity index (χ2n) is 8.28. The highest BCUT2D eigenvalue weighted by atomic mass is 35.5. The topological polar surface area (TPSA) is 63.0 Å². The first-order chi connectivity index (χ1) is 16.5. The number of benzene rings is 2. The standard InChI is InChI=1S/C26H26ClFN2O4/c27-21-9-7-20(8-10-21)26(32)30(17-24-4-2-14-34-24)18-25(31)29(16-23-3-1-13-33-23)15-19-5-11-22(28)12-6-19/h1,3,5-13,24H,2,4,14-18H2. The number of hydrogen-bond acceptors (Lipinski definition) is 4. The third kappa shape index (κ3) is 6.46. The van der Waals surface area contributed by atoms with Gasteiger partial charge >= 0.3 is 0 Å². The van der Waals surface area contributed by atoms with Crippen LogP contribution in [0.4, 0.5) is 4.39 Å². The lowest BCUT2D eigenvalue weighted by molar-refractivity contribution is -0.133. The van der Waals surface area contributed by atoms with E-state index in [1.54, 1.807) is 59.7 Å². The highest BCUT2D eigenvalue weighted by molar-refractivity contribution is 6.30. The van der Waals surface area contributed by atoms with E-state index in [0.717, 1.165) is 18.4 Å². The Morgan fingerprint density at radius 3 is 2.41 bits per heavy atom. The predicted octanol–water partition coefficient (Wildman–Crippen LogP) is 4.92. The maximum Gasteiger partial charge on any atom is 0.254 e. The fourth-order valence-corrected chi connectivity index (χ4v) is 4.05. The van der Waals surface area contributed by atoms with Crippen LogP contribution in [0.15, 0.2) is 71.3 Å². The molecule has 34 heavy (non-hydrogen) atoms. The Morgan fingerprint density at radius 2 is 1.76 bits per heavy atom. The third-order valence-electron chi connectivity index (χ3n) is 5.72. The lowest BCUT2D eigenvalue weighted by Gasteiger charge is -2.29. The molecule has 178 valence electrons. The maximum absolute atomic E-state index is 13.5. The zero-order valence-electron chi connectivity index (χ0n) is 18.7. The fraction of sp³-hybridized carbons (Fsp3) is 0.308. The van der Waals surface area contributed by atoms with Gasteiger partial charge in [-0.25, -0.2) is 4.39 Å². The van der Waals surface area contributed by atoms with Crippen LogP contribution in [0.3, 0.4) is 0 Å². The van der Waals surface area contributed by atoms with Gasteiger partial charge in [0.1, 0.15) is 18.1 Å². The first-order valence-electron chi connectivity index (χ1n) is 11.2. The molecule has 6 nitrogen and oxygen atoms in total. The van der Waals surface area contributed by atoms with Gasteiger partial charge in [-0.1, -0.05) is 23.7 Å². The minimum atomic E-state index is -0.344. The molecular formula is C26H26ClFN2O4. The Labute approximate surface area is 202 Å². The highest BCUT2D eigenvalue weighted by Crippen LogP contribution is 2.18. The molecule has 0 spiro atoms. The van der Waals surface area contributed by atoms with E-state index < -0.39 is 0 Å². The van der Waals surface area contributed by atoms with Crippen molar-refractivity contribution in [3.63, 3.8) is 0 Å². The number of ether oxygens (including phenoxy) is 1. The van der Waals surface area contributed by atoms with E-state index in [4.69, 9.17) is 20.8 Å². The molecule has 1 aromatic heterocycles. The van der Waals surface area contributed by atoms with Gasteiger partial charge in [-0.15, -0.1) is 0 Å². The van der Waals surface area contributed by atoms with Gasteiger partial charge in [-0.2, -0.15) is 0 Å². The number of furan rings is 1. The van der Waals surface area contributed by atoms with Crippen LogP contribution >= 0.6 is 11.6 Å². The maximum atomic E-state index is 13.5. The molecule has 1 aliphatic heterocycles. The predicted molar refractivity (Wildman–Crippen MR) is 126 cm³/mol. The number of carbonyl (C=O) groups is 2. The SMILES string of the molecule is O=C(CN(CC1CCCO1)C(=O)c1ccc(Cl)cc1)N(Cc1ccc(F)cc1)Cc1ccco1. The zero-order chi connectivity index (χ0) is 23.9. The van der Waals surface area contributed by atoms with Crippen molar-refractivity contribution in [2.75, 3.05) is 19.7 Å². The van der Waals surface area contributed by atoms with E-state index in [1.165, 1.54) is 17.0 Å². The van der Waals surface area contributed by atoms with Gasteiger partial charge in [0.25, 0.3) is 5.91 Å². The minimum absolute atomic E-state index is 0.111. The van der Waals surface area contributed by atoms with Crippen LogP contribution in [-0.2, 0) is 22.6 Å². The van der Waals surface area contributed by atoms with Gasteiger partial charge in [0.2, 0.25) is 5.91 Å². The first-order valence-corrected chi connectivity index (χ1v) is 11.6. The molecule has 4 rings (SSSR count). The number of carbonyl (C=O) groups excluding carboxylic acids is 2. The molecular weight excluding hydrogens is 459 g/mol. The number of hydrogen-bond donors (Lipinski definition) is 0. The Balaban J connectivity index is 1.54. The number of amides is 2. The van der Waals surface area contributed by atoms with E-state index in [9.17, 15) is 14.0 Å². The molecule has 0 N–H and O–H groups in total. The number of rotatable bonds is 9. The lowest BCUT2D eigenvalue weighted by atomic mass is 10.1. The van der Waals surface area contributed by atoms with E-state index >= 15 is 0 Å². The second kappa shape index (κ2) is 11.3. The molecule has 2 aromatic carbocycles. The van der Waals surface area contributed by atoms with Crippen molar-refractivity contribution in [1.82, 2.24) is 9.80 Å². The van der Waals surface area contributed by atoms with Crippen LogP contribution in [0.2, 0.25) is 5.02 Å².